The van der Waals surface area contributed by atoms with Gasteiger partial charge in [0.05, 0.1) is 5.52 Å². The third kappa shape index (κ3) is 2.97. The van der Waals surface area contributed by atoms with Gasteiger partial charge in [0.15, 0.2) is 5.75 Å². The molecule has 2 N–H and O–H groups in total. The number of carboxylic acid groups (broad SMARTS) is 1. The minimum absolute atomic E-state index is 0.229. The highest BCUT2D eigenvalue weighted by atomic mass is 16.5. The number of nitrogens with one attached hydrogen (secondary N) is 1. The van der Waals surface area contributed by atoms with E-state index in [1.165, 1.54) is 0 Å². The molecule has 4 rings (SSSR count). The maximum absolute atomic E-state index is 11.4. The van der Waals surface area contributed by atoms with Crippen LogP contribution in [-0.4, -0.2) is 46.8 Å². The molecule has 1 aliphatic heterocycles. The number of aromatic nitrogens is 2. The fraction of sp³-hybridized carbons (Fsp3) is 0.263. The number of carbonyl (C=O) groups is 1. The van der Waals surface area contributed by atoms with Crippen LogP contribution in [0.25, 0.3) is 10.9 Å². The Bertz CT molecular complexity index is 961. The van der Waals surface area contributed by atoms with Crippen molar-refractivity contribution in [3.63, 3.8) is 0 Å². The van der Waals surface area contributed by atoms with E-state index in [0.717, 1.165) is 42.9 Å². The smallest absolute Gasteiger partial charge is 0.352 e. The first-order valence-corrected chi connectivity index (χ1v) is 8.55. The molecule has 3 heterocycles. The lowest BCUT2D eigenvalue weighted by molar-refractivity contribution is 0.0687. The predicted octanol–water partition coefficient (Wildman–Crippen LogP) is 2.47. The van der Waals surface area contributed by atoms with Crippen LogP contribution < -0.4 is 15.0 Å². The summed E-state index contributed by atoms with van der Waals surface area (Å²) in [6.07, 6.45) is 1.74. The first-order chi connectivity index (χ1) is 12.6. The third-order valence-electron chi connectivity index (χ3n) is 4.62. The number of ether oxygens (including phenoxy) is 1. The predicted molar refractivity (Wildman–Crippen MR) is 99.3 cm³/mol. The van der Waals surface area contributed by atoms with Gasteiger partial charge in [-0.05, 0) is 18.2 Å². The fourth-order valence-electron chi connectivity index (χ4n) is 3.32. The summed E-state index contributed by atoms with van der Waals surface area (Å²) in [6, 6.07) is 11.0. The van der Waals surface area contributed by atoms with E-state index in [-0.39, 0.29) is 5.69 Å². The molecule has 0 saturated carbocycles. The first-order valence-electron chi connectivity index (χ1n) is 8.55. The van der Waals surface area contributed by atoms with Crippen LogP contribution in [0, 0.1) is 0 Å². The molecule has 7 nitrogen and oxygen atoms in total. The van der Waals surface area contributed by atoms with Crippen molar-refractivity contribution in [2.45, 2.75) is 0 Å². The van der Waals surface area contributed by atoms with E-state index < -0.39 is 5.97 Å². The summed E-state index contributed by atoms with van der Waals surface area (Å²) in [6.45, 7) is 3.69. The van der Waals surface area contributed by atoms with Crippen LogP contribution in [0.2, 0.25) is 0 Å². The summed E-state index contributed by atoms with van der Waals surface area (Å²) in [5.74, 6) is 1.22. The molecule has 0 bridgehead atoms. The second-order valence-electron chi connectivity index (χ2n) is 6.28. The molecule has 1 saturated heterocycles. The average Bonchev–Trinajstić information content (AvgIpc) is 3.01. The number of rotatable bonds is 4. The molecule has 1 aliphatic rings. The summed E-state index contributed by atoms with van der Waals surface area (Å²) in [7, 11) is 1.73. The van der Waals surface area contributed by atoms with Gasteiger partial charge in [0.1, 0.15) is 17.3 Å². The fourth-order valence-corrected chi connectivity index (χ4v) is 3.32. The number of aryl methyl sites for hydroxylation is 1. The maximum Gasteiger partial charge on any atom is 0.352 e. The number of carboxylic acids is 1. The zero-order chi connectivity index (χ0) is 18.1. The molecule has 1 aromatic carbocycles. The molecule has 0 unspecified atom stereocenters. The molecule has 3 aromatic rings. The van der Waals surface area contributed by atoms with E-state index >= 15 is 0 Å². The molecule has 0 atom stereocenters. The van der Waals surface area contributed by atoms with Crippen LogP contribution in [0.15, 0.2) is 42.6 Å². The van der Waals surface area contributed by atoms with E-state index in [4.69, 9.17) is 4.74 Å². The van der Waals surface area contributed by atoms with Crippen molar-refractivity contribution in [1.29, 1.82) is 0 Å². The topological polar surface area (TPSA) is 79.6 Å². The van der Waals surface area contributed by atoms with Crippen molar-refractivity contribution < 1.29 is 14.6 Å². The van der Waals surface area contributed by atoms with Gasteiger partial charge in [-0.3, -0.25) is 0 Å². The van der Waals surface area contributed by atoms with E-state index in [0.29, 0.717) is 11.5 Å². The van der Waals surface area contributed by atoms with Crippen molar-refractivity contribution >= 4 is 22.7 Å². The van der Waals surface area contributed by atoms with Crippen molar-refractivity contribution in [2.24, 2.45) is 7.05 Å². The Labute approximate surface area is 150 Å². The molecular formula is C19H20N4O3. The molecule has 0 spiro atoms. The summed E-state index contributed by atoms with van der Waals surface area (Å²) in [5, 5.41) is 13.5. The van der Waals surface area contributed by atoms with Crippen molar-refractivity contribution in [1.82, 2.24) is 14.9 Å². The van der Waals surface area contributed by atoms with E-state index in [1.54, 1.807) is 23.9 Å². The van der Waals surface area contributed by atoms with Gasteiger partial charge >= 0.3 is 5.97 Å². The molecule has 134 valence electrons. The number of anilines is 1. The van der Waals surface area contributed by atoms with Crippen molar-refractivity contribution in [2.75, 3.05) is 31.1 Å². The molecule has 0 radical (unpaired) electrons. The second-order valence-corrected chi connectivity index (χ2v) is 6.28. The van der Waals surface area contributed by atoms with E-state index in [9.17, 15) is 9.90 Å². The minimum atomic E-state index is -0.959. The Hall–Kier alpha value is -3.06. The number of benzene rings is 1. The number of piperazine rings is 1. The zero-order valence-electron chi connectivity index (χ0n) is 14.5. The monoisotopic (exact) mass is 352 g/mol. The summed E-state index contributed by atoms with van der Waals surface area (Å²) >= 11 is 0. The largest absolute Gasteiger partial charge is 0.477 e. The second kappa shape index (κ2) is 6.68. The van der Waals surface area contributed by atoms with Crippen LogP contribution in [0.3, 0.4) is 0 Å². The van der Waals surface area contributed by atoms with Crippen LogP contribution in [0.1, 0.15) is 10.5 Å². The lowest BCUT2D eigenvalue weighted by Crippen LogP contribution is -2.43. The Kier molecular flexibility index (Phi) is 4.22. The standard InChI is InChI=1S/C19H20N4O3/c1-22-15(19(24)25)11-13-3-2-4-16(18(13)22)26-14-5-6-21-17(12-14)23-9-7-20-8-10-23/h2-6,11-12,20H,7-10H2,1H3,(H,24,25). The zero-order valence-corrected chi connectivity index (χ0v) is 14.5. The number of hydrogen-bond donors (Lipinski definition) is 2. The Morgan fingerprint density at radius 2 is 2.04 bits per heavy atom. The summed E-state index contributed by atoms with van der Waals surface area (Å²) in [4.78, 5) is 18.1. The van der Waals surface area contributed by atoms with Crippen LogP contribution in [-0.2, 0) is 7.05 Å². The highest BCUT2D eigenvalue weighted by Crippen LogP contribution is 2.32. The van der Waals surface area contributed by atoms with E-state index in [1.807, 2.05) is 30.3 Å². The number of fused-ring (bicyclic) bond motifs is 1. The Morgan fingerprint density at radius 1 is 1.23 bits per heavy atom. The summed E-state index contributed by atoms with van der Waals surface area (Å²) in [5.41, 5.74) is 0.984. The SMILES string of the molecule is Cn1c(C(=O)O)cc2cccc(Oc3ccnc(N4CCNCC4)c3)c21. The van der Waals surface area contributed by atoms with Crippen LogP contribution >= 0.6 is 0 Å². The first kappa shape index (κ1) is 16.4. The molecule has 7 heteroatoms. The van der Waals surface area contributed by atoms with Gasteiger partial charge in [-0.25, -0.2) is 9.78 Å². The van der Waals surface area contributed by atoms with Gasteiger partial charge in [0.25, 0.3) is 0 Å². The maximum atomic E-state index is 11.4. The molecular weight excluding hydrogens is 332 g/mol. The number of aromatic carboxylic acids is 1. The molecule has 0 amide bonds. The minimum Gasteiger partial charge on any atom is -0.477 e. The van der Waals surface area contributed by atoms with Gasteiger partial charge in [-0.2, -0.15) is 0 Å². The number of hydrogen-bond acceptors (Lipinski definition) is 5. The highest BCUT2D eigenvalue weighted by molar-refractivity contribution is 5.96. The number of pyridine rings is 1. The molecule has 2 aromatic heterocycles. The number of nitrogens with zero attached hydrogens (tertiary/aromatic N) is 3. The number of para-hydroxylation sites is 1. The lowest BCUT2D eigenvalue weighted by Gasteiger charge is -2.28. The normalized spacial score (nSPS) is 14.6. The van der Waals surface area contributed by atoms with Crippen molar-refractivity contribution in [3.8, 4) is 11.5 Å². The highest BCUT2D eigenvalue weighted by Gasteiger charge is 2.16. The van der Waals surface area contributed by atoms with Gasteiger partial charge in [-0.1, -0.05) is 12.1 Å². The Balaban J connectivity index is 1.68. The third-order valence-corrected chi connectivity index (χ3v) is 4.62. The lowest BCUT2D eigenvalue weighted by atomic mass is 10.2. The molecule has 0 aliphatic carbocycles. The van der Waals surface area contributed by atoms with E-state index in [2.05, 4.69) is 15.2 Å². The average molecular weight is 352 g/mol. The summed E-state index contributed by atoms with van der Waals surface area (Å²) < 4.78 is 7.75. The van der Waals surface area contributed by atoms with Gasteiger partial charge in [0, 0.05) is 50.9 Å². The molecule has 26 heavy (non-hydrogen) atoms. The van der Waals surface area contributed by atoms with Crippen molar-refractivity contribution in [3.05, 3.63) is 48.3 Å². The van der Waals surface area contributed by atoms with Crippen LogP contribution in [0.5, 0.6) is 11.5 Å². The van der Waals surface area contributed by atoms with Crippen LogP contribution in [0.4, 0.5) is 5.82 Å². The molecule has 1 fully saturated rings. The van der Waals surface area contributed by atoms with Gasteiger partial charge in [-0.15, -0.1) is 0 Å². The van der Waals surface area contributed by atoms with Gasteiger partial charge in [0.2, 0.25) is 0 Å². The van der Waals surface area contributed by atoms with Gasteiger partial charge < -0.3 is 24.6 Å². The quantitative estimate of drug-likeness (QED) is 0.751. The Morgan fingerprint density at radius 3 is 2.81 bits per heavy atom.